The lowest BCUT2D eigenvalue weighted by atomic mass is 9.44. The first kappa shape index (κ1) is 63.6. The van der Waals surface area contributed by atoms with Crippen LogP contribution < -0.4 is 21.9 Å². The van der Waals surface area contributed by atoms with Gasteiger partial charge in [0.1, 0.15) is 42.3 Å². The number of aromatic nitrogens is 2. The van der Waals surface area contributed by atoms with Crippen molar-refractivity contribution in [3.05, 3.63) is 151 Å². The monoisotopic (exact) mass is 1210 g/mol. The number of rotatable bonds is 19. The maximum absolute atomic E-state index is 16.4. The quantitative estimate of drug-likeness (QED) is 0.0340. The summed E-state index contributed by atoms with van der Waals surface area (Å²) < 4.78 is 50.8. The standard InChI is InChI=1S/C62H72N4O21/c1-33-30-66(45-27-40(70)42(31-67)83-45)58(78)65(54(33)74)24-26-80-25-23-63-57(77)85-43-28-44-61(32-81-44,87-36(4)69)50-52(86-55(75)39-21-15-10-16-22-39)62(79)29-41(34(2)46(59(62,5)6)49(82-35(3)68)51(72)60(43,50)7)84-56(76)48(71)47(37-17-11-8-12-18-37)64-53(73)38-19-13-9-14-20-38/h8-22,30,40-45,47-50,52,67,70-71,79H,23-29,31-32H2,1-7H3,(H,63,77)(H,64,73)/t40-,41-,42+,43-,44+,45+,47-,48+,49+,50-,52-,60?,61-,62+/m0/s1. The third kappa shape index (κ3) is 12.0. The fourth-order valence-electron chi connectivity index (χ4n) is 13.2. The van der Waals surface area contributed by atoms with E-state index in [4.69, 9.17) is 37.9 Å². The Hall–Kier alpha value is -7.91. The Morgan fingerprint density at radius 1 is 0.816 bits per heavy atom. The van der Waals surface area contributed by atoms with Crippen molar-refractivity contribution in [1.82, 2.24) is 19.8 Å². The normalized spacial score (nSPS) is 29.5. The third-order valence-corrected chi connectivity index (χ3v) is 17.7. The van der Waals surface area contributed by atoms with Gasteiger partial charge in [-0.1, -0.05) is 80.6 Å². The number of esters is 4. The molecule has 3 aliphatic carbocycles. The van der Waals surface area contributed by atoms with Crippen LogP contribution in [0.3, 0.4) is 0 Å². The number of nitrogens with one attached hydrogen (secondary N) is 2. The summed E-state index contributed by atoms with van der Waals surface area (Å²) >= 11 is 0. The Morgan fingerprint density at radius 3 is 2.06 bits per heavy atom. The van der Waals surface area contributed by atoms with E-state index in [1.807, 2.05) is 0 Å². The second-order valence-electron chi connectivity index (χ2n) is 23.3. The van der Waals surface area contributed by atoms with Crippen molar-refractivity contribution in [2.24, 2.45) is 16.7 Å². The molecule has 3 heterocycles. The molecular formula is C62H72N4O21. The summed E-state index contributed by atoms with van der Waals surface area (Å²) in [6.07, 6.45) is -14.3. The predicted molar refractivity (Wildman–Crippen MR) is 302 cm³/mol. The minimum Gasteiger partial charge on any atom is -0.456 e. The van der Waals surface area contributed by atoms with Gasteiger partial charge in [-0.25, -0.2) is 19.2 Å². The van der Waals surface area contributed by atoms with Crippen molar-refractivity contribution in [3.8, 4) is 0 Å². The molecule has 25 nitrogen and oxygen atoms in total. The molecule has 4 fully saturated rings. The number of aryl methyl sites for hydroxylation is 1. The van der Waals surface area contributed by atoms with Gasteiger partial charge in [0.15, 0.2) is 23.6 Å². The van der Waals surface area contributed by atoms with E-state index >= 15 is 4.79 Å². The number of hydrogen-bond donors (Lipinski definition) is 6. The third-order valence-electron chi connectivity index (χ3n) is 17.7. The average Bonchev–Trinajstić information content (AvgIpc) is 0.907. The van der Waals surface area contributed by atoms with Crippen LogP contribution in [0.25, 0.3) is 0 Å². The van der Waals surface area contributed by atoms with Crippen LogP contribution >= 0.6 is 0 Å². The fraction of sp³-hybridized carbons (Fsp3) is 0.500. The number of ether oxygens (including phenoxy) is 8. The van der Waals surface area contributed by atoms with Crippen LogP contribution in [0.2, 0.25) is 0 Å². The van der Waals surface area contributed by atoms with Gasteiger partial charge >= 0.3 is 35.7 Å². The van der Waals surface area contributed by atoms with Gasteiger partial charge in [0.2, 0.25) is 0 Å². The number of benzene rings is 3. The molecule has 2 amide bonds. The Kier molecular flexibility index (Phi) is 18.6. The fourth-order valence-corrected chi connectivity index (χ4v) is 13.2. The second kappa shape index (κ2) is 25.4. The van der Waals surface area contributed by atoms with Crippen molar-refractivity contribution in [2.45, 2.75) is 147 Å². The summed E-state index contributed by atoms with van der Waals surface area (Å²) in [5.74, 6) is -7.56. The number of nitrogens with zero attached hydrogens (tertiary/aromatic N) is 2. The predicted octanol–water partition coefficient (Wildman–Crippen LogP) is 2.46. The van der Waals surface area contributed by atoms with Crippen LogP contribution in [0.5, 0.6) is 0 Å². The zero-order valence-corrected chi connectivity index (χ0v) is 49.1. The molecule has 5 aliphatic rings. The van der Waals surface area contributed by atoms with E-state index in [1.54, 1.807) is 66.7 Å². The highest BCUT2D eigenvalue weighted by Gasteiger charge is 2.79. The smallest absolute Gasteiger partial charge is 0.407 e. The van der Waals surface area contributed by atoms with E-state index in [9.17, 15) is 58.8 Å². The summed E-state index contributed by atoms with van der Waals surface area (Å²) in [7, 11) is 0. The largest absolute Gasteiger partial charge is 0.456 e. The molecule has 25 heteroatoms. The molecule has 466 valence electrons. The first-order valence-electron chi connectivity index (χ1n) is 28.6. The number of hydrogen-bond acceptors (Lipinski definition) is 21. The Balaban J connectivity index is 1.05. The van der Waals surface area contributed by atoms with Crippen LogP contribution in [0, 0.1) is 23.7 Å². The maximum Gasteiger partial charge on any atom is 0.407 e. The van der Waals surface area contributed by atoms with Crippen LogP contribution in [0.1, 0.15) is 105 Å². The molecular weight excluding hydrogens is 1140 g/mol. The molecule has 6 N–H and O–H groups in total. The van der Waals surface area contributed by atoms with Gasteiger partial charge in [-0.05, 0) is 61.7 Å². The van der Waals surface area contributed by atoms with E-state index in [0.29, 0.717) is 5.56 Å². The van der Waals surface area contributed by atoms with Gasteiger partial charge in [-0.3, -0.25) is 33.1 Å². The topological polar surface area (TPSA) is 342 Å². The van der Waals surface area contributed by atoms with Crippen LogP contribution in [0.15, 0.2) is 118 Å². The molecule has 3 aromatic carbocycles. The first-order valence-corrected chi connectivity index (χ1v) is 28.6. The van der Waals surface area contributed by atoms with Crippen molar-refractivity contribution in [1.29, 1.82) is 0 Å². The van der Waals surface area contributed by atoms with E-state index in [1.165, 1.54) is 65.1 Å². The minimum absolute atomic E-state index is 0.00689. The molecule has 2 bridgehead atoms. The average molecular weight is 1210 g/mol. The molecule has 87 heavy (non-hydrogen) atoms. The van der Waals surface area contributed by atoms with E-state index in [0.717, 1.165) is 23.0 Å². The maximum atomic E-state index is 16.4. The summed E-state index contributed by atoms with van der Waals surface area (Å²) in [5, 5.41) is 51.3. The SMILES string of the molecule is CC(=O)O[C@H]1C(=O)C2(C)[C@@H](OC(=O)NCCOCCn3c(=O)c(C)cn([C@H]4C[C@H](O)[C@@H](CO)O4)c3=O)C[C@H]3OC[C@@]3(OC(C)=O)[C@H]2[C@H](OC(=O)c2ccccc2)[C@]2(O)C[C@H](OC(=O)[C@H](O)[C@@H](NC(=O)c3ccccc3)c3ccccc3)C(C)=C1C2(C)C. The van der Waals surface area contributed by atoms with Gasteiger partial charge in [0, 0.05) is 62.4 Å². The Bertz CT molecular complexity index is 3430. The number of fused-ring (bicyclic) bond motifs is 5. The van der Waals surface area contributed by atoms with Gasteiger partial charge in [-0.15, -0.1) is 0 Å². The van der Waals surface area contributed by atoms with Gasteiger partial charge in [-0.2, -0.15) is 0 Å². The summed E-state index contributed by atoms with van der Waals surface area (Å²) in [6, 6.07) is 22.4. The number of carbonyl (C=O) groups is 7. The molecule has 2 aliphatic heterocycles. The summed E-state index contributed by atoms with van der Waals surface area (Å²) in [4.78, 5) is 127. The number of Topliss-reactive ketones (excluding diaryl/α,β-unsaturated/α-hetero) is 1. The molecule has 0 radical (unpaired) electrons. The zero-order chi connectivity index (χ0) is 62.9. The summed E-state index contributed by atoms with van der Waals surface area (Å²) in [5.41, 5.74) is -9.29. The Labute approximate surface area is 499 Å². The lowest BCUT2D eigenvalue weighted by Gasteiger charge is -2.67. The molecule has 4 aromatic rings. The minimum atomic E-state index is -2.56. The highest BCUT2D eigenvalue weighted by atomic mass is 16.6. The number of alkyl carbamates (subject to hydrolysis) is 1. The molecule has 2 saturated heterocycles. The van der Waals surface area contributed by atoms with Crippen LogP contribution in [0.4, 0.5) is 4.79 Å². The first-order chi connectivity index (χ1) is 41.3. The molecule has 1 unspecified atom stereocenters. The van der Waals surface area contributed by atoms with Crippen molar-refractivity contribution in [3.63, 3.8) is 0 Å². The molecule has 2 saturated carbocycles. The summed E-state index contributed by atoms with van der Waals surface area (Å²) in [6.45, 7) is 7.70. The number of amides is 2. The Morgan fingerprint density at radius 2 is 1.46 bits per heavy atom. The van der Waals surface area contributed by atoms with E-state index in [2.05, 4.69) is 10.6 Å². The lowest BCUT2D eigenvalue weighted by Crippen LogP contribution is -2.82. The zero-order valence-electron chi connectivity index (χ0n) is 49.1. The van der Waals surface area contributed by atoms with E-state index < -0.39 is 162 Å². The molecule has 1 aromatic heterocycles. The number of carbonyl (C=O) groups excluding carboxylic acids is 7. The van der Waals surface area contributed by atoms with Crippen molar-refractivity contribution in [2.75, 3.05) is 33.0 Å². The van der Waals surface area contributed by atoms with Gasteiger partial charge in [0.05, 0.1) is 62.0 Å². The van der Waals surface area contributed by atoms with Gasteiger partial charge in [0.25, 0.3) is 11.5 Å². The highest BCUT2D eigenvalue weighted by Crippen LogP contribution is 2.65. The number of aliphatic hydroxyl groups excluding tert-OH is 3. The van der Waals surface area contributed by atoms with Crippen molar-refractivity contribution >= 4 is 41.7 Å². The second-order valence-corrected chi connectivity index (χ2v) is 23.3. The lowest BCUT2D eigenvalue weighted by molar-refractivity contribution is -0.345. The number of aliphatic hydroxyl groups is 4. The van der Waals surface area contributed by atoms with Crippen LogP contribution in [-0.4, -0.2) is 164 Å². The van der Waals surface area contributed by atoms with Gasteiger partial charge < -0.3 is 69.0 Å². The highest BCUT2D eigenvalue weighted by molar-refractivity contribution is 5.96. The van der Waals surface area contributed by atoms with Crippen LogP contribution in [-0.2, 0) is 63.6 Å². The van der Waals surface area contributed by atoms with Crippen molar-refractivity contribution < 1.29 is 91.9 Å². The van der Waals surface area contributed by atoms with E-state index in [-0.39, 0.29) is 67.0 Å². The molecule has 9 rings (SSSR count). The molecule has 14 atom stereocenters. The number of ketones is 1. The molecule has 0 spiro atoms.